The number of carbonyl (C=O) groups excluding carboxylic acids is 9. The van der Waals surface area contributed by atoms with Gasteiger partial charge in [0.25, 0.3) is 0 Å². The summed E-state index contributed by atoms with van der Waals surface area (Å²) < 4.78 is 0. The highest BCUT2D eigenvalue weighted by Gasteiger charge is 2.38. The molecule has 2 fully saturated rings. The number of hydrogen-bond acceptors (Lipinski definition) is 20. The van der Waals surface area contributed by atoms with E-state index in [1.807, 2.05) is 0 Å². The van der Waals surface area contributed by atoms with Crippen LogP contribution in [-0.4, -0.2) is 271 Å². The maximum absolute atomic E-state index is 14.9. The minimum absolute atomic E-state index is 0.00489. The molecule has 0 bridgehead atoms. The van der Waals surface area contributed by atoms with E-state index in [-0.39, 0.29) is 121 Å². The van der Waals surface area contributed by atoms with Gasteiger partial charge in [0.05, 0.1) is 39.3 Å². The lowest BCUT2D eigenvalue weighted by Crippen LogP contribution is -2.61. The zero-order chi connectivity index (χ0) is 79.0. The molecule has 21 N–H and O–H groups in total. The van der Waals surface area contributed by atoms with Crippen LogP contribution >= 0.6 is 0 Å². The van der Waals surface area contributed by atoms with Gasteiger partial charge < -0.3 is 99.6 Å². The van der Waals surface area contributed by atoms with Gasteiger partial charge in [-0.3, -0.25) is 77.6 Å². The Labute approximate surface area is 623 Å². The van der Waals surface area contributed by atoms with Crippen molar-refractivity contribution in [3.63, 3.8) is 0 Å². The number of aliphatic carboxylic acids is 4. The third kappa shape index (κ3) is 29.5. The fraction of sp³-hybridized carbons (Fsp3) is 0.528. The first-order chi connectivity index (χ1) is 51.5. The summed E-state index contributed by atoms with van der Waals surface area (Å²) in [4.78, 5) is 186. The van der Waals surface area contributed by atoms with Gasteiger partial charge in [0.1, 0.15) is 60.1 Å². The van der Waals surface area contributed by atoms with Gasteiger partial charge in [0.15, 0.2) is 5.96 Å². The largest absolute Gasteiger partial charge is 0.508 e. The third-order valence-electron chi connectivity index (χ3n) is 18.5. The number of carboxylic acid groups (broad SMARTS) is 4. The third-order valence-corrected chi connectivity index (χ3v) is 18.5. The molecular formula is C72H102N16O20. The van der Waals surface area contributed by atoms with E-state index in [0.29, 0.717) is 40.4 Å². The molecule has 36 heteroatoms. The number of aromatic nitrogens is 1. The Morgan fingerprint density at radius 1 is 0.500 bits per heavy atom. The van der Waals surface area contributed by atoms with Gasteiger partial charge in [0, 0.05) is 82.2 Å². The first-order valence-corrected chi connectivity index (χ1v) is 35.9. The summed E-state index contributed by atoms with van der Waals surface area (Å²) in [6.07, 6.45) is 3.34. The summed E-state index contributed by atoms with van der Waals surface area (Å²) in [6, 6.07) is 6.30. The average Bonchev–Trinajstić information content (AvgIpc) is 1.73. The zero-order valence-corrected chi connectivity index (χ0v) is 60.5. The van der Waals surface area contributed by atoms with E-state index in [1.54, 1.807) is 89.3 Å². The van der Waals surface area contributed by atoms with E-state index in [4.69, 9.17) is 11.1 Å². The lowest BCUT2D eigenvalue weighted by molar-refractivity contribution is -0.143. The quantitative estimate of drug-likeness (QED) is 0.0121. The number of benzene rings is 3. The smallest absolute Gasteiger partial charge is 0.328 e. The molecule has 590 valence electrons. The Morgan fingerprint density at radius 3 is 1.47 bits per heavy atom. The van der Waals surface area contributed by atoms with Crippen LogP contribution in [0.3, 0.4) is 0 Å². The number of amides is 9. The summed E-state index contributed by atoms with van der Waals surface area (Å²) in [5, 5.41) is 104. The number of nitrogens with one attached hydrogen (secondary N) is 12. The lowest BCUT2D eigenvalue weighted by atomic mass is 9.84. The summed E-state index contributed by atoms with van der Waals surface area (Å²) in [7, 11) is 0. The molecule has 3 unspecified atom stereocenters. The van der Waals surface area contributed by atoms with Crippen molar-refractivity contribution in [2.75, 3.05) is 78.7 Å². The normalized spacial score (nSPS) is 16.4. The van der Waals surface area contributed by atoms with Gasteiger partial charge in [-0.05, 0) is 72.4 Å². The average molecular weight is 1510 g/mol. The number of guanidine groups is 1. The number of nitrogens with zero attached hydrogens (tertiary/aromatic N) is 3. The molecule has 36 nitrogen and oxygen atoms in total. The number of fused-ring (bicyclic) bond motifs is 1. The van der Waals surface area contributed by atoms with E-state index >= 15 is 0 Å². The first kappa shape index (κ1) is 86.1. The number of para-hydroxylation sites is 1. The molecule has 2 aliphatic rings. The van der Waals surface area contributed by atoms with Gasteiger partial charge in [0.2, 0.25) is 53.2 Å². The standard InChI is InChI=1S/C72H102N16O20/c1-42(2)30-51(64(100)83-55(68(104)85-58(41-90)71(107)108)34-46-36-76-49-17-10-9-16-48(46)49)79-65(101)54(33-45-19-21-47(91)22-20-45)80-63(99)50(18-11-23-75-72(73)74)78-70(106)57(40-89)84-67(103)53(32-44-14-7-4-8-15-44)81-66(102)52(31-43-12-5-3-6-13-43)82-69(105)56(35-60(93)94)77-59(92)37-86-24-26-87(38-61(95)96)28-29-88(27-25-86)39-62(97)98/h4,7-10,14-17,19-22,36,42-43,50-58,76,89-91H,3,5-6,11-13,18,23-35,37-41H2,1-2H3,(H,77,92)(H,78,106)(H,79,101)(H,80,99)(H,81,102)(H,82,105)(H,83,100)(H,84,103)(H,85,104)(H,93,94)(H,95,96)(H,97,98)(H,107,108)(H4,73,74,75)/t50?,51-,52-,53?,54-,55-,56+,57?,58-/m0/s1. The number of aliphatic hydroxyl groups is 2. The fourth-order valence-corrected chi connectivity index (χ4v) is 12.8. The Bertz CT molecular complexity index is 3700. The number of carboxylic acids is 4. The molecule has 6 rings (SSSR count). The lowest BCUT2D eigenvalue weighted by Gasteiger charge is -2.30. The Hall–Kier alpha value is -10.8. The van der Waals surface area contributed by atoms with Crippen molar-refractivity contribution >= 4 is 93.9 Å². The minimum atomic E-state index is -1.88. The fourth-order valence-electron chi connectivity index (χ4n) is 12.8. The molecule has 1 aromatic heterocycles. The van der Waals surface area contributed by atoms with Gasteiger partial charge >= 0.3 is 23.9 Å². The molecule has 1 aliphatic carbocycles. The predicted octanol–water partition coefficient (Wildman–Crippen LogP) is -2.82. The van der Waals surface area contributed by atoms with E-state index in [9.17, 15) is 98.1 Å². The number of H-pyrrole nitrogens is 1. The predicted molar refractivity (Wildman–Crippen MR) is 390 cm³/mol. The van der Waals surface area contributed by atoms with Crippen molar-refractivity contribution in [2.45, 2.75) is 152 Å². The molecule has 9 amide bonds. The second kappa shape index (κ2) is 43.7. The second-order valence-electron chi connectivity index (χ2n) is 27.5. The van der Waals surface area contributed by atoms with Gasteiger partial charge in [-0.1, -0.05) is 107 Å². The number of hydrogen-bond donors (Lipinski definition) is 20. The summed E-state index contributed by atoms with van der Waals surface area (Å²) in [5.74, 6) is -15.2. The molecule has 0 spiro atoms. The van der Waals surface area contributed by atoms with Crippen molar-refractivity contribution < 1.29 is 98.1 Å². The van der Waals surface area contributed by atoms with E-state index in [2.05, 4.69) is 58.2 Å². The molecular weight excluding hydrogens is 1410 g/mol. The number of aromatic amines is 1. The van der Waals surface area contributed by atoms with Crippen LogP contribution in [0.2, 0.25) is 0 Å². The number of carbonyl (C=O) groups is 13. The molecule has 1 saturated carbocycles. The summed E-state index contributed by atoms with van der Waals surface area (Å²) >= 11 is 0. The Balaban J connectivity index is 1.24. The van der Waals surface area contributed by atoms with Crippen molar-refractivity contribution in [3.05, 3.63) is 102 Å². The van der Waals surface area contributed by atoms with Crippen LogP contribution in [0.15, 0.2) is 85.1 Å². The molecule has 108 heavy (non-hydrogen) atoms. The molecule has 0 radical (unpaired) electrons. The van der Waals surface area contributed by atoms with Crippen LogP contribution in [-0.2, 0) is 81.6 Å². The van der Waals surface area contributed by atoms with Crippen molar-refractivity contribution in [2.24, 2.45) is 17.6 Å². The molecule has 9 atom stereocenters. The number of phenols is 1. The molecule has 2 heterocycles. The van der Waals surface area contributed by atoms with Crippen LogP contribution in [0.4, 0.5) is 0 Å². The number of nitrogens with two attached hydrogens (primary N) is 1. The van der Waals surface area contributed by atoms with Crippen LogP contribution in [0.5, 0.6) is 5.75 Å². The topological polar surface area (TPSA) is 559 Å². The van der Waals surface area contributed by atoms with E-state index in [0.717, 1.165) is 19.3 Å². The highest BCUT2D eigenvalue weighted by atomic mass is 16.4. The molecule has 1 saturated heterocycles. The second-order valence-corrected chi connectivity index (χ2v) is 27.5. The Kier molecular flexibility index (Phi) is 34.9. The minimum Gasteiger partial charge on any atom is -0.508 e. The van der Waals surface area contributed by atoms with Crippen LogP contribution in [0.25, 0.3) is 10.9 Å². The van der Waals surface area contributed by atoms with Gasteiger partial charge in [-0.15, -0.1) is 0 Å². The molecule has 1 aliphatic heterocycles. The van der Waals surface area contributed by atoms with E-state index < -0.39 is 164 Å². The number of aliphatic hydroxyl groups excluding tert-OH is 2. The Morgan fingerprint density at radius 2 is 0.944 bits per heavy atom. The number of rotatable bonds is 42. The van der Waals surface area contributed by atoms with Crippen LogP contribution in [0.1, 0.15) is 94.7 Å². The molecule has 4 aromatic rings. The molecule has 3 aromatic carbocycles. The maximum Gasteiger partial charge on any atom is 0.328 e. The SMILES string of the molecule is CC(C)C[C@H](NC(=O)[C@H](Cc1ccc(O)cc1)NC(=O)C(CCCNC(=N)N)NC(=O)C(CO)NC(=O)C(Cc1ccccc1)NC(=O)[C@H](CC1CCCCC1)NC(=O)[C@@H](CC(=O)O)NC(=O)CN1CCN(CC(=O)O)CCN(CC(=O)O)CC1)C(=O)N[C@@H](Cc1c[nH]c2ccccc12)C(=O)N[C@@H](CO)C(=O)O. The monoisotopic (exact) mass is 1510 g/mol. The van der Waals surface area contributed by atoms with Crippen molar-refractivity contribution in [3.8, 4) is 5.75 Å². The highest BCUT2D eigenvalue weighted by Crippen LogP contribution is 2.28. The van der Waals surface area contributed by atoms with Gasteiger partial charge in [-0.25, -0.2) is 4.79 Å². The van der Waals surface area contributed by atoms with Crippen molar-refractivity contribution in [1.29, 1.82) is 5.41 Å². The zero-order valence-electron chi connectivity index (χ0n) is 60.5. The maximum atomic E-state index is 14.9. The summed E-state index contributed by atoms with van der Waals surface area (Å²) in [6.45, 7) is 1.24. The van der Waals surface area contributed by atoms with Gasteiger partial charge in [-0.2, -0.15) is 0 Å². The van der Waals surface area contributed by atoms with Crippen LogP contribution in [0, 0.1) is 17.2 Å². The highest BCUT2D eigenvalue weighted by molar-refractivity contribution is 5.99. The van der Waals surface area contributed by atoms with Crippen LogP contribution < -0.4 is 58.9 Å². The first-order valence-electron chi connectivity index (χ1n) is 35.9. The van der Waals surface area contributed by atoms with Crippen molar-refractivity contribution in [1.82, 2.24) is 72.9 Å². The van der Waals surface area contributed by atoms with E-state index in [1.165, 1.54) is 24.3 Å². The number of phenolic OH excluding ortho intramolecular Hbond substituents is 1. The number of aromatic hydroxyl groups is 1. The summed E-state index contributed by atoms with van der Waals surface area (Å²) in [5.41, 5.74) is 7.65.